The van der Waals surface area contributed by atoms with Gasteiger partial charge in [-0.2, -0.15) is 0 Å². The van der Waals surface area contributed by atoms with Crippen molar-refractivity contribution in [1.82, 2.24) is 15.5 Å². The summed E-state index contributed by atoms with van der Waals surface area (Å²) in [5, 5.41) is 14.9. The summed E-state index contributed by atoms with van der Waals surface area (Å²) in [5.41, 5.74) is 0.329. The van der Waals surface area contributed by atoms with Crippen molar-refractivity contribution >= 4 is 11.3 Å². The van der Waals surface area contributed by atoms with E-state index < -0.39 is 0 Å². The molecule has 0 aliphatic heterocycles. The van der Waals surface area contributed by atoms with Crippen molar-refractivity contribution in [2.24, 2.45) is 5.92 Å². The zero-order valence-electron chi connectivity index (χ0n) is 12.7. The molecule has 108 valence electrons. The monoisotopic (exact) mass is 281 g/mol. The summed E-state index contributed by atoms with van der Waals surface area (Å²) >= 11 is 1.83. The van der Waals surface area contributed by atoms with Crippen LogP contribution in [0.15, 0.2) is 0 Å². The van der Waals surface area contributed by atoms with Crippen LogP contribution < -0.4 is 5.32 Å². The molecule has 1 aromatic heterocycles. The lowest BCUT2D eigenvalue weighted by Gasteiger charge is -2.28. The van der Waals surface area contributed by atoms with Gasteiger partial charge >= 0.3 is 0 Å². The molecular weight excluding hydrogens is 254 g/mol. The Labute approximate surface area is 121 Å². The van der Waals surface area contributed by atoms with E-state index >= 15 is 0 Å². The largest absolute Gasteiger partial charge is 0.308 e. The standard InChI is InChI=1S/C15H27N3S/c1-5-16-12(4)13-17-18-14(19-13)15(10-11(2)3)8-6-7-9-15/h11-12,16H,5-10H2,1-4H3. The van der Waals surface area contributed by atoms with Gasteiger partial charge in [-0.15, -0.1) is 10.2 Å². The van der Waals surface area contributed by atoms with E-state index in [1.807, 2.05) is 11.3 Å². The molecule has 4 heteroatoms. The highest BCUT2D eigenvalue weighted by atomic mass is 32.1. The van der Waals surface area contributed by atoms with Crippen molar-refractivity contribution in [2.45, 2.75) is 71.3 Å². The lowest BCUT2D eigenvalue weighted by molar-refractivity contribution is 0.343. The third-order valence-corrected chi connectivity index (χ3v) is 5.49. The molecular formula is C15H27N3S. The average molecular weight is 281 g/mol. The van der Waals surface area contributed by atoms with Crippen molar-refractivity contribution in [2.75, 3.05) is 6.54 Å². The SMILES string of the molecule is CCNC(C)c1nnc(C2(CC(C)C)CCCC2)s1. The number of nitrogens with zero attached hydrogens (tertiary/aromatic N) is 2. The highest BCUT2D eigenvalue weighted by Gasteiger charge is 2.39. The number of aromatic nitrogens is 2. The zero-order valence-corrected chi connectivity index (χ0v) is 13.5. The van der Waals surface area contributed by atoms with Crippen LogP contribution in [-0.4, -0.2) is 16.7 Å². The Hall–Kier alpha value is -0.480. The van der Waals surface area contributed by atoms with E-state index in [1.165, 1.54) is 37.1 Å². The summed E-state index contributed by atoms with van der Waals surface area (Å²) in [7, 11) is 0. The Morgan fingerprint density at radius 2 is 1.89 bits per heavy atom. The van der Waals surface area contributed by atoms with Crippen molar-refractivity contribution in [1.29, 1.82) is 0 Å². The van der Waals surface area contributed by atoms with Gasteiger partial charge in [-0.1, -0.05) is 44.9 Å². The summed E-state index contributed by atoms with van der Waals surface area (Å²) in [4.78, 5) is 0. The maximum atomic E-state index is 4.56. The minimum absolute atomic E-state index is 0.328. The molecule has 0 radical (unpaired) electrons. The molecule has 1 aliphatic rings. The number of hydrogen-bond acceptors (Lipinski definition) is 4. The van der Waals surface area contributed by atoms with Gasteiger partial charge < -0.3 is 5.32 Å². The lowest BCUT2D eigenvalue weighted by atomic mass is 9.79. The van der Waals surface area contributed by atoms with Gasteiger partial charge in [0.1, 0.15) is 10.0 Å². The van der Waals surface area contributed by atoms with Crippen LogP contribution in [0, 0.1) is 5.92 Å². The Morgan fingerprint density at radius 1 is 1.21 bits per heavy atom. The van der Waals surface area contributed by atoms with E-state index in [9.17, 15) is 0 Å². The van der Waals surface area contributed by atoms with Crippen LogP contribution in [0.3, 0.4) is 0 Å². The highest BCUT2D eigenvalue weighted by Crippen LogP contribution is 2.46. The van der Waals surface area contributed by atoms with Crippen LogP contribution in [0.1, 0.15) is 75.9 Å². The minimum atomic E-state index is 0.328. The van der Waals surface area contributed by atoms with Crippen molar-refractivity contribution in [3.8, 4) is 0 Å². The number of hydrogen-bond donors (Lipinski definition) is 1. The molecule has 1 aliphatic carbocycles. The van der Waals surface area contributed by atoms with Gasteiger partial charge in [0, 0.05) is 5.41 Å². The first-order valence-electron chi connectivity index (χ1n) is 7.64. The quantitative estimate of drug-likeness (QED) is 0.854. The highest BCUT2D eigenvalue weighted by molar-refractivity contribution is 7.11. The Morgan fingerprint density at radius 3 is 2.47 bits per heavy atom. The fraction of sp³-hybridized carbons (Fsp3) is 0.867. The second kappa shape index (κ2) is 6.31. The van der Waals surface area contributed by atoms with Gasteiger partial charge in [-0.05, 0) is 38.6 Å². The van der Waals surface area contributed by atoms with E-state index in [4.69, 9.17) is 0 Å². The Bertz CT molecular complexity index is 394. The molecule has 1 N–H and O–H groups in total. The molecule has 0 spiro atoms. The first-order valence-corrected chi connectivity index (χ1v) is 8.46. The second-order valence-electron chi connectivity index (χ2n) is 6.31. The fourth-order valence-electron chi connectivity index (χ4n) is 3.36. The lowest BCUT2D eigenvalue weighted by Crippen LogP contribution is -2.24. The topological polar surface area (TPSA) is 37.8 Å². The molecule has 1 heterocycles. The van der Waals surface area contributed by atoms with Crippen molar-refractivity contribution in [3.63, 3.8) is 0 Å². The predicted octanol–water partition coefficient (Wildman–Crippen LogP) is 4.07. The minimum Gasteiger partial charge on any atom is -0.308 e. The molecule has 0 amide bonds. The van der Waals surface area contributed by atoms with Crippen LogP contribution in [0.2, 0.25) is 0 Å². The predicted molar refractivity (Wildman–Crippen MR) is 81.6 cm³/mol. The summed E-state index contributed by atoms with van der Waals surface area (Å²) in [6, 6.07) is 0.328. The van der Waals surface area contributed by atoms with Gasteiger partial charge in [0.2, 0.25) is 0 Å². The summed E-state index contributed by atoms with van der Waals surface area (Å²) in [6.45, 7) is 9.94. The number of nitrogens with one attached hydrogen (secondary N) is 1. The van der Waals surface area contributed by atoms with Gasteiger partial charge in [-0.3, -0.25) is 0 Å². The van der Waals surface area contributed by atoms with E-state index in [0.717, 1.165) is 17.5 Å². The van der Waals surface area contributed by atoms with Crippen molar-refractivity contribution < 1.29 is 0 Å². The Balaban J connectivity index is 2.18. The summed E-state index contributed by atoms with van der Waals surface area (Å²) in [6.07, 6.45) is 6.57. The first kappa shape index (κ1) is 14.9. The maximum Gasteiger partial charge on any atom is 0.134 e. The van der Waals surface area contributed by atoms with Gasteiger partial charge in [0.15, 0.2) is 0 Å². The normalized spacial score (nSPS) is 20.1. The third-order valence-electron chi connectivity index (χ3n) is 4.13. The van der Waals surface area contributed by atoms with E-state index in [0.29, 0.717) is 11.5 Å². The average Bonchev–Trinajstić information content (AvgIpc) is 2.97. The van der Waals surface area contributed by atoms with Gasteiger partial charge in [0.25, 0.3) is 0 Å². The van der Waals surface area contributed by atoms with Crippen molar-refractivity contribution in [3.05, 3.63) is 10.0 Å². The van der Waals surface area contributed by atoms with E-state index in [-0.39, 0.29) is 0 Å². The van der Waals surface area contributed by atoms with Gasteiger partial charge in [0.05, 0.1) is 6.04 Å². The maximum absolute atomic E-state index is 4.56. The molecule has 0 bridgehead atoms. The summed E-state index contributed by atoms with van der Waals surface area (Å²) in [5.74, 6) is 0.733. The second-order valence-corrected chi connectivity index (χ2v) is 7.32. The zero-order chi connectivity index (χ0) is 13.9. The molecule has 1 atom stereocenters. The van der Waals surface area contributed by atoms with E-state index in [2.05, 4.69) is 43.2 Å². The van der Waals surface area contributed by atoms with E-state index in [1.54, 1.807) is 0 Å². The molecule has 1 fully saturated rings. The third kappa shape index (κ3) is 3.34. The molecule has 0 aromatic carbocycles. The van der Waals surface area contributed by atoms with Crippen LogP contribution in [0.25, 0.3) is 0 Å². The Kier molecular flexibility index (Phi) is 4.96. The van der Waals surface area contributed by atoms with Crippen LogP contribution >= 0.6 is 11.3 Å². The molecule has 1 aromatic rings. The molecule has 3 nitrogen and oxygen atoms in total. The smallest absolute Gasteiger partial charge is 0.134 e. The number of rotatable bonds is 6. The van der Waals surface area contributed by atoms with Gasteiger partial charge in [-0.25, -0.2) is 0 Å². The van der Waals surface area contributed by atoms with Crippen LogP contribution in [0.4, 0.5) is 0 Å². The molecule has 2 rings (SSSR count). The van der Waals surface area contributed by atoms with Crippen LogP contribution in [-0.2, 0) is 5.41 Å². The first-order chi connectivity index (χ1) is 9.07. The fourth-order valence-corrected chi connectivity index (χ4v) is 4.48. The van der Waals surface area contributed by atoms with Crippen LogP contribution in [0.5, 0.6) is 0 Å². The molecule has 19 heavy (non-hydrogen) atoms. The molecule has 1 saturated carbocycles. The molecule has 1 unspecified atom stereocenters. The summed E-state index contributed by atoms with van der Waals surface area (Å²) < 4.78 is 0. The molecule has 0 saturated heterocycles.